The number of piperidine rings is 1. The maximum Gasteiger partial charge on any atom is 0.225 e. The number of pyridine rings is 1. The summed E-state index contributed by atoms with van der Waals surface area (Å²) >= 11 is 0. The van der Waals surface area contributed by atoms with Crippen LogP contribution in [0.2, 0.25) is 0 Å². The second-order valence-corrected chi connectivity index (χ2v) is 7.94. The quantitative estimate of drug-likeness (QED) is 0.664. The monoisotopic (exact) mass is 377 g/mol. The first-order chi connectivity index (χ1) is 13.6. The molecule has 0 amide bonds. The average Bonchev–Trinajstić information content (AvgIpc) is 3.08. The maximum absolute atomic E-state index is 5.57. The van der Waals surface area contributed by atoms with Crippen molar-refractivity contribution in [3.8, 4) is 22.4 Å². The standard InChI is InChI=1S/C22H27N5O/c1-5-19-20(16(4)26-28-19)21-18(17-6-8-23-9-7-17)11-24-22(25-21)27-12-14(2)10-15(3)13-27/h6-9,11,14-15H,5,10,12-13H2,1-4H3/t14-,15+. The van der Waals surface area contributed by atoms with E-state index in [9.17, 15) is 0 Å². The molecule has 0 spiro atoms. The minimum atomic E-state index is 0.638. The van der Waals surface area contributed by atoms with Gasteiger partial charge in [-0.3, -0.25) is 4.98 Å². The van der Waals surface area contributed by atoms with Gasteiger partial charge in [0.25, 0.3) is 0 Å². The molecule has 0 aromatic carbocycles. The van der Waals surface area contributed by atoms with Gasteiger partial charge in [0.15, 0.2) is 0 Å². The van der Waals surface area contributed by atoms with Crippen LogP contribution in [-0.4, -0.2) is 33.2 Å². The normalized spacial score (nSPS) is 19.8. The second-order valence-electron chi connectivity index (χ2n) is 7.94. The topological polar surface area (TPSA) is 67.9 Å². The molecule has 2 atom stereocenters. The van der Waals surface area contributed by atoms with Crippen molar-refractivity contribution >= 4 is 5.95 Å². The van der Waals surface area contributed by atoms with Gasteiger partial charge in [-0.25, -0.2) is 9.97 Å². The summed E-state index contributed by atoms with van der Waals surface area (Å²) in [5.41, 5.74) is 4.75. The number of aromatic nitrogens is 4. The van der Waals surface area contributed by atoms with Gasteiger partial charge in [0, 0.05) is 43.7 Å². The Balaban J connectivity index is 1.86. The zero-order chi connectivity index (χ0) is 19.7. The molecule has 6 heteroatoms. The van der Waals surface area contributed by atoms with Crippen LogP contribution in [0.15, 0.2) is 35.2 Å². The smallest absolute Gasteiger partial charge is 0.225 e. The molecule has 1 saturated heterocycles. The summed E-state index contributed by atoms with van der Waals surface area (Å²) in [6.45, 7) is 10.6. The van der Waals surface area contributed by atoms with Crippen molar-refractivity contribution in [3.05, 3.63) is 42.2 Å². The van der Waals surface area contributed by atoms with Crippen molar-refractivity contribution in [2.45, 2.75) is 40.5 Å². The third-order valence-electron chi connectivity index (χ3n) is 5.41. The molecule has 146 valence electrons. The molecule has 3 aromatic rings. The van der Waals surface area contributed by atoms with Crippen LogP contribution in [0, 0.1) is 18.8 Å². The molecule has 28 heavy (non-hydrogen) atoms. The Morgan fingerprint density at radius 2 is 1.86 bits per heavy atom. The predicted octanol–water partition coefficient (Wildman–Crippen LogP) is 4.55. The van der Waals surface area contributed by atoms with Crippen LogP contribution in [-0.2, 0) is 6.42 Å². The summed E-state index contributed by atoms with van der Waals surface area (Å²) in [6, 6.07) is 3.97. The Kier molecular flexibility index (Phi) is 5.11. The Morgan fingerprint density at radius 3 is 2.54 bits per heavy atom. The summed E-state index contributed by atoms with van der Waals surface area (Å²) in [4.78, 5) is 16.2. The van der Waals surface area contributed by atoms with Crippen LogP contribution in [0.25, 0.3) is 22.4 Å². The van der Waals surface area contributed by atoms with Gasteiger partial charge in [-0.2, -0.15) is 0 Å². The van der Waals surface area contributed by atoms with E-state index in [1.807, 2.05) is 25.3 Å². The molecular formula is C22H27N5O. The molecule has 0 bridgehead atoms. The fourth-order valence-corrected chi connectivity index (χ4v) is 4.25. The summed E-state index contributed by atoms with van der Waals surface area (Å²) in [5.74, 6) is 2.92. The highest BCUT2D eigenvalue weighted by atomic mass is 16.5. The molecule has 0 unspecified atom stereocenters. The molecular weight excluding hydrogens is 350 g/mol. The first kappa shape index (κ1) is 18.6. The lowest BCUT2D eigenvalue weighted by atomic mass is 9.92. The lowest BCUT2D eigenvalue weighted by Crippen LogP contribution is -2.39. The highest BCUT2D eigenvalue weighted by molar-refractivity contribution is 5.82. The maximum atomic E-state index is 5.57. The Hall–Kier alpha value is -2.76. The van der Waals surface area contributed by atoms with Gasteiger partial charge >= 0.3 is 0 Å². The third kappa shape index (κ3) is 3.51. The number of rotatable bonds is 4. The van der Waals surface area contributed by atoms with E-state index in [-0.39, 0.29) is 0 Å². The van der Waals surface area contributed by atoms with Crippen LogP contribution >= 0.6 is 0 Å². The fraction of sp³-hybridized carbons (Fsp3) is 0.455. The van der Waals surface area contributed by atoms with E-state index in [2.05, 4.69) is 35.8 Å². The van der Waals surface area contributed by atoms with E-state index in [1.165, 1.54) is 6.42 Å². The van der Waals surface area contributed by atoms with Crippen molar-refractivity contribution < 1.29 is 4.52 Å². The number of nitrogens with zero attached hydrogens (tertiary/aromatic N) is 5. The molecule has 6 nitrogen and oxygen atoms in total. The van der Waals surface area contributed by atoms with Crippen molar-refractivity contribution in [2.24, 2.45) is 11.8 Å². The van der Waals surface area contributed by atoms with Crippen LogP contribution in [0.4, 0.5) is 5.95 Å². The van der Waals surface area contributed by atoms with Gasteiger partial charge in [0.1, 0.15) is 5.76 Å². The molecule has 4 heterocycles. The first-order valence-electron chi connectivity index (χ1n) is 10.0. The fourth-order valence-electron chi connectivity index (χ4n) is 4.25. The Morgan fingerprint density at radius 1 is 1.14 bits per heavy atom. The van der Waals surface area contributed by atoms with Crippen LogP contribution in [0.1, 0.15) is 38.6 Å². The van der Waals surface area contributed by atoms with E-state index in [4.69, 9.17) is 14.5 Å². The predicted molar refractivity (Wildman–Crippen MR) is 110 cm³/mol. The lowest BCUT2D eigenvalue weighted by Gasteiger charge is -2.35. The minimum Gasteiger partial charge on any atom is -0.360 e. The molecule has 4 rings (SSSR count). The Bertz CT molecular complexity index is 943. The number of hydrogen-bond acceptors (Lipinski definition) is 6. The summed E-state index contributed by atoms with van der Waals surface area (Å²) < 4.78 is 5.57. The molecule has 1 aliphatic heterocycles. The first-order valence-corrected chi connectivity index (χ1v) is 10.0. The summed E-state index contributed by atoms with van der Waals surface area (Å²) in [6.07, 6.45) is 7.54. The van der Waals surface area contributed by atoms with Crippen molar-refractivity contribution in [2.75, 3.05) is 18.0 Å². The van der Waals surface area contributed by atoms with Crippen molar-refractivity contribution in [3.63, 3.8) is 0 Å². The molecule has 0 radical (unpaired) electrons. The number of anilines is 1. The second kappa shape index (κ2) is 7.70. The lowest BCUT2D eigenvalue weighted by molar-refractivity contribution is 0.353. The summed E-state index contributed by atoms with van der Waals surface area (Å²) in [5, 5.41) is 4.20. The zero-order valence-electron chi connectivity index (χ0n) is 17.0. The highest BCUT2D eigenvalue weighted by Gasteiger charge is 2.26. The number of aryl methyl sites for hydroxylation is 2. The van der Waals surface area contributed by atoms with E-state index >= 15 is 0 Å². The molecule has 1 aliphatic rings. The van der Waals surface area contributed by atoms with Crippen molar-refractivity contribution in [1.82, 2.24) is 20.1 Å². The molecule has 3 aromatic heterocycles. The van der Waals surface area contributed by atoms with E-state index in [1.54, 1.807) is 12.4 Å². The molecule has 0 N–H and O–H groups in total. The van der Waals surface area contributed by atoms with E-state index in [0.717, 1.165) is 59.3 Å². The van der Waals surface area contributed by atoms with Crippen LogP contribution in [0.5, 0.6) is 0 Å². The van der Waals surface area contributed by atoms with Crippen LogP contribution in [0.3, 0.4) is 0 Å². The van der Waals surface area contributed by atoms with E-state index in [0.29, 0.717) is 11.8 Å². The van der Waals surface area contributed by atoms with Gasteiger partial charge in [-0.15, -0.1) is 0 Å². The highest BCUT2D eigenvalue weighted by Crippen LogP contribution is 2.36. The molecule has 1 fully saturated rings. The summed E-state index contributed by atoms with van der Waals surface area (Å²) in [7, 11) is 0. The average molecular weight is 377 g/mol. The van der Waals surface area contributed by atoms with Gasteiger partial charge in [0.05, 0.1) is 17.0 Å². The van der Waals surface area contributed by atoms with Crippen molar-refractivity contribution in [1.29, 1.82) is 0 Å². The van der Waals surface area contributed by atoms with Gasteiger partial charge in [-0.1, -0.05) is 25.9 Å². The third-order valence-corrected chi connectivity index (χ3v) is 5.41. The molecule has 0 saturated carbocycles. The number of hydrogen-bond donors (Lipinski definition) is 0. The van der Waals surface area contributed by atoms with Gasteiger partial charge in [-0.05, 0) is 42.9 Å². The molecule has 0 aliphatic carbocycles. The van der Waals surface area contributed by atoms with E-state index < -0.39 is 0 Å². The minimum absolute atomic E-state index is 0.638. The zero-order valence-corrected chi connectivity index (χ0v) is 17.0. The van der Waals surface area contributed by atoms with Gasteiger partial charge in [0.2, 0.25) is 5.95 Å². The SMILES string of the molecule is CCc1onc(C)c1-c1nc(N2C[C@H](C)C[C@H](C)C2)ncc1-c1ccncc1. The van der Waals surface area contributed by atoms with Gasteiger partial charge < -0.3 is 9.42 Å². The Labute approximate surface area is 166 Å². The van der Waals surface area contributed by atoms with Crippen LogP contribution < -0.4 is 4.90 Å². The largest absolute Gasteiger partial charge is 0.360 e.